The van der Waals surface area contributed by atoms with Crippen molar-refractivity contribution in [2.24, 2.45) is 5.73 Å². The van der Waals surface area contributed by atoms with Gasteiger partial charge in [0, 0.05) is 19.8 Å². The number of ether oxygens (including phenoxy) is 1. The molecule has 0 aliphatic carbocycles. The molecule has 0 aliphatic rings. The van der Waals surface area contributed by atoms with Gasteiger partial charge in [-0.1, -0.05) is 48.5 Å². The van der Waals surface area contributed by atoms with Gasteiger partial charge in [-0.3, -0.25) is 0 Å². The lowest BCUT2D eigenvalue weighted by atomic mass is 9.99. The summed E-state index contributed by atoms with van der Waals surface area (Å²) in [6.45, 7) is 0.749. The van der Waals surface area contributed by atoms with E-state index < -0.39 is 0 Å². The molecule has 20 heavy (non-hydrogen) atoms. The molecule has 3 heteroatoms. The first-order valence-corrected chi connectivity index (χ1v) is 6.79. The Morgan fingerprint density at radius 1 is 1.00 bits per heavy atom. The van der Waals surface area contributed by atoms with Crippen LogP contribution in [0.3, 0.4) is 0 Å². The normalized spacial score (nSPS) is 12.3. The number of benzene rings is 2. The second-order valence-corrected chi connectivity index (χ2v) is 4.87. The van der Waals surface area contributed by atoms with Gasteiger partial charge in [0.05, 0.1) is 6.61 Å². The van der Waals surface area contributed by atoms with Gasteiger partial charge in [-0.25, -0.2) is 0 Å². The van der Waals surface area contributed by atoms with Crippen molar-refractivity contribution in [3.63, 3.8) is 0 Å². The van der Waals surface area contributed by atoms with E-state index in [1.165, 1.54) is 5.56 Å². The second-order valence-electron chi connectivity index (χ2n) is 4.87. The van der Waals surface area contributed by atoms with Gasteiger partial charge < -0.3 is 15.6 Å². The highest BCUT2D eigenvalue weighted by molar-refractivity contribution is 5.64. The van der Waals surface area contributed by atoms with Gasteiger partial charge in [-0.05, 0) is 28.7 Å². The van der Waals surface area contributed by atoms with Crippen LogP contribution in [0.25, 0.3) is 11.1 Å². The van der Waals surface area contributed by atoms with Crippen molar-refractivity contribution >= 4 is 0 Å². The first-order valence-electron chi connectivity index (χ1n) is 6.79. The summed E-state index contributed by atoms with van der Waals surface area (Å²) in [5, 5.41) is 8.91. The Morgan fingerprint density at radius 2 is 1.55 bits per heavy atom. The number of aliphatic hydroxyl groups is 1. The van der Waals surface area contributed by atoms with Crippen molar-refractivity contribution < 1.29 is 9.84 Å². The molecule has 0 aliphatic heterocycles. The molecule has 0 heterocycles. The first kappa shape index (κ1) is 14.7. The smallest absolute Gasteiger partial charge is 0.0713 e. The number of nitrogens with two attached hydrogens (primary N) is 1. The average molecular weight is 271 g/mol. The van der Waals surface area contributed by atoms with Crippen LogP contribution in [0.4, 0.5) is 0 Å². The Labute approximate surface area is 120 Å². The second kappa shape index (κ2) is 7.20. The van der Waals surface area contributed by atoms with E-state index in [1.807, 2.05) is 12.1 Å². The third-order valence-electron chi connectivity index (χ3n) is 3.38. The van der Waals surface area contributed by atoms with E-state index in [0.29, 0.717) is 13.0 Å². The van der Waals surface area contributed by atoms with Gasteiger partial charge in [0.1, 0.15) is 0 Å². The van der Waals surface area contributed by atoms with E-state index >= 15 is 0 Å². The van der Waals surface area contributed by atoms with E-state index in [2.05, 4.69) is 36.4 Å². The van der Waals surface area contributed by atoms with Gasteiger partial charge in [0.2, 0.25) is 0 Å². The fraction of sp³-hybridized carbons (Fsp3) is 0.294. The molecule has 0 amide bonds. The quantitative estimate of drug-likeness (QED) is 0.849. The highest BCUT2D eigenvalue weighted by atomic mass is 16.5. The summed E-state index contributed by atoms with van der Waals surface area (Å²) in [4.78, 5) is 0. The van der Waals surface area contributed by atoms with E-state index in [1.54, 1.807) is 7.11 Å². The monoisotopic (exact) mass is 271 g/mol. The molecule has 2 aromatic carbocycles. The van der Waals surface area contributed by atoms with Crippen LogP contribution in [0.15, 0.2) is 48.5 Å². The van der Waals surface area contributed by atoms with Gasteiger partial charge in [-0.15, -0.1) is 0 Å². The lowest BCUT2D eigenvalue weighted by Crippen LogP contribution is -2.11. The summed E-state index contributed by atoms with van der Waals surface area (Å²) < 4.78 is 5.10. The maximum atomic E-state index is 8.91. The van der Waals surface area contributed by atoms with Crippen molar-refractivity contribution in [1.82, 2.24) is 0 Å². The number of rotatable bonds is 6. The molecule has 0 saturated carbocycles. The van der Waals surface area contributed by atoms with Crippen LogP contribution in [0, 0.1) is 0 Å². The van der Waals surface area contributed by atoms with Crippen molar-refractivity contribution in [3.8, 4) is 11.1 Å². The first-order chi connectivity index (χ1) is 9.74. The maximum Gasteiger partial charge on any atom is 0.0713 e. The largest absolute Gasteiger partial charge is 0.396 e. The molecular weight excluding hydrogens is 250 g/mol. The molecule has 0 spiro atoms. The van der Waals surface area contributed by atoms with Crippen molar-refractivity contribution in [3.05, 3.63) is 59.7 Å². The molecule has 0 fully saturated rings. The molecule has 0 saturated heterocycles. The Hall–Kier alpha value is -1.68. The standard InChI is InChI=1S/C17H21NO2/c1-20-12-13-2-4-14(5-3-13)15-6-8-16(9-7-15)17(18)10-11-19/h2-9,17,19H,10-12,18H2,1H3. The van der Waals surface area contributed by atoms with Gasteiger partial charge in [0.25, 0.3) is 0 Å². The SMILES string of the molecule is COCc1ccc(-c2ccc(C(N)CCO)cc2)cc1. The average Bonchev–Trinajstić information content (AvgIpc) is 2.49. The van der Waals surface area contributed by atoms with Crippen molar-refractivity contribution in [2.75, 3.05) is 13.7 Å². The zero-order valence-electron chi connectivity index (χ0n) is 11.8. The highest BCUT2D eigenvalue weighted by Gasteiger charge is 2.05. The minimum atomic E-state index is -0.0990. The predicted octanol–water partition coefficient (Wildman–Crippen LogP) is 2.88. The molecule has 0 radical (unpaired) electrons. The van der Waals surface area contributed by atoms with E-state index in [0.717, 1.165) is 16.7 Å². The summed E-state index contributed by atoms with van der Waals surface area (Å²) in [7, 11) is 1.70. The predicted molar refractivity (Wildman–Crippen MR) is 81.2 cm³/mol. The van der Waals surface area contributed by atoms with Crippen molar-refractivity contribution in [2.45, 2.75) is 19.1 Å². The molecular formula is C17H21NO2. The van der Waals surface area contributed by atoms with Gasteiger partial charge >= 0.3 is 0 Å². The van der Waals surface area contributed by atoms with Crippen molar-refractivity contribution in [1.29, 1.82) is 0 Å². The van der Waals surface area contributed by atoms with Crippen LogP contribution in [0.1, 0.15) is 23.6 Å². The fourth-order valence-electron chi connectivity index (χ4n) is 2.19. The number of hydrogen-bond acceptors (Lipinski definition) is 3. The van der Waals surface area contributed by atoms with Gasteiger partial charge in [-0.2, -0.15) is 0 Å². The number of hydrogen-bond donors (Lipinski definition) is 2. The van der Waals surface area contributed by atoms with Crippen LogP contribution < -0.4 is 5.73 Å². The third-order valence-corrected chi connectivity index (χ3v) is 3.38. The Balaban J connectivity index is 2.13. The minimum absolute atomic E-state index is 0.0990. The zero-order chi connectivity index (χ0) is 14.4. The lowest BCUT2D eigenvalue weighted by Gasteiger charge is -2.11. The fourth-order valence-corrected chi connectivity index (χ4v) is 2.19. The van der Waals surface area contributed by atoms with E-state index in [-0.39, 0.29) is 12.6 Å². The molecule has 106 valence electrons. The molecule has 0 bridgehead atoms. The van der Waals surface area contributed by atoms with E-state index in [4.69, 9.17) is 15.6 Å². The molecule has 3 nitrogen and oxygen atoms in total. The van der Waals surface area contributed by atoms with Crippen LogP contribution in [0.2, 0.25) is 0 Å². The number of methoxy groups -OCH3 is 1. The third kappa shape index (κ3) is 3.67. The Bertz CT molecular complexity index is 520. The molecule has 2 aromatic rings. The Kier molecular flexibility index (Phi) is 5.30. The zero-order valence-corrected chi connectivity index (χ0v) is 11.8. The van der Waals surface area contributed by atoms with Crippen LogP contribution >= 0.6 is 0 Å². The molecule has 1 atom stereocenters. The van der Waals surface area contributed by atoms with Crippen LogP contribution in [-0.4, -0.2) is 18.8 Å². The summed E-state index contributed by atoms with van der Waals surface area (Å²) >= 11 is 0. The molecule has 0 aromatic heterocycles. The summed E-state index contributed by atoms with van der Waals surface area (Å²) in [6.07, 6.45) is 0.588. The van der Waals surface area contributed by atoms with Crippen LogP contribution in [-0.2, 0) is 11.3 Å². The van der Waals surface area contributed by atoms with Gasteiger partial charge in [0.15, 0.2) is 0 Å². The molecule has 3 N–H and O–H groups in total. The topological polar surface area (TPSA) is 55.5 Å². The summed E-state index contributed by atoms with van der Waals surface area (Å²) in [6, 6.07) is 16.4. The minimum Gasteiger partial charge on any atom is -0.396 e. The van der Waals surface area contributed by atoms with Crippen LogP contribution in [0.5, 0.6) is 0 Å². The summed E-state index contributed by atoms with van der Waals surface area (Å²) in [5.74, 6) is 0. The van der Waals surface area contributed by atoms with E-state index in [9.17, 15) is 0 Å². The maximum absolute atomic E-state index is 8.91. The highest BCUT2D eigenvalue weighted by Crippen LogP contribution is 2.23. The lowest BCUT2D eigenvalue weighted by molar-refractivity contribution is 0.185. The molecule has 2 rings (SSSR count). The molecule has 1 unspecified atom stereocenters. The number of aliphatic hydroxyl groups excluding tert-OH is 1. The summed E-state index contributed by atoms with van der Waals surface area (Å²) in [5.41, 5.74) is 10.5. The Morgan fingerprint density at radius 3 is 2.05 bits per heavy atom.